The van der Waals surface area contributed by atoms with E-state index in [1.807, 2.05) is 21.1 Å². The van der Waals surface area contributed by atoms with Crippen molar-refractivity contribution in [2.45, 2.75) is 13.0 Å². The number of aryl methyl sites for hydroxylation is 2. The molecule has 30 heavy (non-hydrogen) atoms. The first-order valence-corrected chi connectivity index (χ1v) is 10.0. The monoisotopic (exact) mass is 432 g/mol. The first-order chi connectivity index (χ1) is 14.3. The lowest BCUT2D eigenvalue weighted by Crippen LogP contribution is -2.34. The molecule has 2 aromatic heterocycles. The molecule has 1 atom stereocenters. The second-order valence-corrected chi connectivity index (χ2v) is 7.80. The first-order valence-electron chi connectivity index (χ1n) is 9.13. The van der Waals surface area contributed by atoms with E-state index in [-0.39, 0.29) is 24.0 Å². The number of nitrogens with one attached hydrogen (secondary N) is 1. The van der Waals surface area contributed by atoms with Crippen LogP contribution in [-0.2, 0) is 11.8 Å². The zero-order valence-electron chi connectivity index (χ0n) is 17.3. The molecule has 0 bridgehead atoms. The maximum atomic E-state index is 14.1. The number of hydrogen-bond acceptors (Lipinski definition) is 5. The first kappa shape index (κ1) is 23.2. The van der Waals surface area contributed by atoms with Gasteiger partial charge in [0.2, 0.25) is 0 Å². The fraction of sp³-hybridized carbons (Fsp3) is 0.286. The summed E-state index contributed by atoms with van der Waals surface area (Å²) in [6, 6.07) is 6.45. The normalized spacial score (nSPS) is 11.5. The molecule has 2 heterocycles. The number of amides is 1. The molecule has 0 aliphatic carbocycles. The Hall–Kier alpha value is -3.04. The maximum absolute atomic E-state index is 14.1. The van der Waals surface area contributed by atoms with Crippen molar-refractivity contribution in [1.82, 2.24) is 19.8 Å². The Morgan fingerprint density at radius 1 is 1.40 bits per heavy atom. The van der Waals surface area contributed by atoms with Crippen LogP contribution in [0.25, 0.3) is 11.4 Å². The number of thiophene rings is 1. The Labute approximate surface area is 178 Å². The Bertz CT molecular complexity index is 1000. The Kier molecular flexibility index (Phi) is 8.25. The van der Waals surface area contributed by atoms with Crippen LogP contribution in [0.5, 0.6) is 0 Å². The lowest BCUT2D eigenvalue weighted by atomic mass is 10.1. The number of carbonyl (C=O) groups excluding carboxylic acids is 1. The van der Waals surface area contributed by atoms with Crippen molar-refractivity contribution in [3.05, 3.63) is 63.9 Å². The molecule has 9 heteroatoms. The van der Waals surface area contributed by atoms with Crippen molar-refractivity contribution in [1.29, 1.82) is 0 Å². The van der Waals surface area contributed by atoms with Crippen molar-refractivity contribution < 1.29 is 19.1 Å². The lowest BCUT2D eigenvalue weighted by molar-refractivity contribution is -0.122. The minimum Gasteiger partial charge on any atom is -0.483 e. The van der Waals surface area contributed by atoms with E-state index >= 15 is 0 Å². The number of likely N-dealkylation sites (N-methyl/N-ethyl adjacent to an activating group) is 1. The molecule has 3 rings (SSSR count). The van der Waals surface area contributed by atoms with Gasteiger partial charge >= 0.3 is 0 Å². The van der Waals surface area contributed by atoms with Gasteiger partial charge in [-0.15, -0.1) is 11.3 Å². The van der Waals surface area contributed by atoms with Crippen LogP contribution in [-0.4, -0.2) is 52.6 Å². The Morgan fingerprint density at radius 2 is 2.10 bits per heavy atom. The van der Waals surface area contributed by atoms with Crippen molar-refractivity contribution in [3.63, 3.8) is 0 Å². The maximum Gasteiger partial charge on any atom is 0.290 e. The number of benzene rings is 1. The highest BCUT2D eigenvalue weighted by Crippen LogP contribution is 2.27. The molecule has 0 aliphatic heterocycles. The number of carbonyl (C=O) groups is 2. The number of aromatic nitrogens is 2. The van der Waals surface area contributed by atoms with Gasteiger partial charge in [0.1, 0.15) is 11.6 Å². The molecule has 1 unspecified atom stereocenters. The molecule has 0 radical (unpaired) electrons. The Balaban J connectivity index is 0.00000101. The lowest BCUT2D eigenvalue weighted by Gasteiger charge is -2.24. The molecule has 0 spiro atoms. The van der Waals surface area contributed by atoms with Crippen LogP contribution in [0.3, 0.4) is 0 Å². The predicted octanol–water partition coefficient (Wildman–Crippen LogP) is 3.33. The highest BCUT2D eigenvalue weighted by atomic mass is 32.1. The summed E-state index contributed by atoms with van der Waals surface area (Å²) in [6.07, 6.45) is 3.43. The highest BCUT2D eigenvalue weighted by Gasteiger charge is 2.19. The number of nitrogens with zero attached hydrogens (tertiary/aromatic N) is 3. The second kappa shape index (κ2) is 10.7. The largest absolute Gasteiger partial charge is 0.483 e. The van der Waals surface area contributed by atoms with Crippen molar-refractivity contribution in [2.75, 3.05) is 20.6 Å². The molecule has 3 aromatic rings. The molecular formula is C21H25FN4O3S. The summed E-state index contributed by atoms with van der Waals surface area (Å²) in [6.45, 7) is 2.26. The number of hydrogen-bond donors (Lipinski definition) is 2. The zero-order chi connectivity index (χ0) is 22.3. The van der Waals surface area contributed by atoms with E-state index in [1.54, 1.807) is 34.4 Å². The van der Waals surface area contributed by atoms with Crippen LogP contribution in [0.15, 0.2) is 42.0 Å². The van der Waals surface area contributed by atoms with Crippen LogP contribution in [0.4, 0.5) is 4.39 Å². The van der Waals surface area contributed by atoms with Gasteiger partial charge in [0.15, 0.2) is 0 Å². The number of halogens is 1. The van der Waals surface area contributed by atoms with Crippen LogP contribution >= 0.6 is 11.3 Å². The van der Waals surface area contributed by atoms with Gasteiger partial charge in [-0.1, -0.05) is 0 Å². The summed E-state index contributed by atoms with van der Waals surface area (Å²) < 4.78 is 15.9. The zero-order valence-corrected chi connectivity index (χ0v) is 18.1. The van der Waals surface area contributed by atoms with Gasteiger partial charge in [-0.3, -0.25) is 9.59 Å². The van der Waals surface area contributed by atoms with Crippen LogP contribution in [0, 0.1) is 12.7 Å². The van der Waals surface area contributed by atoms with Gasteiger partial charge in [-0.05, 0) is 56.2 Å². The highest BCUT2D eigenvalue weighted by molar-refractivity contribution is 7.10. The second-order valence-electron chi connectivity index (χ2n) is 6.85. The van der Waals surface area contributed by atoms with Gasteiger partial charge in [-0.25, -0.2) is 9.37 Å². The van der Waals surface area contributed by atoms with Crippen LogP contribution in [0.2, 0.25) is 0 Å². The molecule has 160 valence electrons. The minimum atomic E-state index is -0.459. The number of carboxylic acid groups (broad SMARTS) is 1. The number of imidazole rings is 1. The van der Waals surface area contributed by atoms with Crippen molar-refractivity contribution in [3.8, 4) is 11.4 Å². The molecule has 2 N–H and O–H groups in total. The SMILES string of the molecule is Cc1ccsc1C(CNC(=O)c1cc(F)cc(-c2nccn2C)c1)N(C)C.O=CO. The summed E-state index contributed by atoms with van der Waals surface area (Å²) in [7, 11) is 5.80. The van der Waals surface area contributed by atoms with Gasteiger partial charge in [0.25, 0.3) is 12.4 Å². The molecule has 0 saturated carbocycles. The van der Waals surface area contributed by atoms with E-state index in [0.29, 0.717) is 17.9 Å². The fourth-order valence-corrected chi connectivity index (χ4v) is 4.14. The van der Waals surface area contributed by atoms with Crippen molar-refractivity contribution >= 4 is 23.7 Å². The van der Waals surface area contributed by atoms with E-state index in [9.17, 15) is 9.18 Å². The average Bonchev–Trinajstić information content (AvgIpc) is 3.30. The molecule has 0 aliphatic rings. The summed E-state index contributed by atoms with van der Waals surface area (Å²) in [5.41, 5.74) is 2.06. The van der Waals surface area contributed by atoms with E-state index in [0.717, 1.165) is 0 Å². The van der Waals surface area contributed by atoms with Gasteiger partial charge < -0.3 is 19.9 Å². The van der Waals surface area contributed by atoms with Gasteiger partial charge in [0.05, 0.1) is 6.04 Å². The third-order valence-corrected chi connectivity index (χ3v) is 5.64. The molecule has 1 amide bonds. The van der Waals surface area contributed by atoms with Crippen LogP contribution in [0.1, 0.15) is 26.8 Å². The van der Waals surface area contributed by atoms with Gasteiger partial charge in [0, 0.05) is 42.0 Å². The molecule has 1 aromatic carbocycles. The molecule has 7 nitrogen and oxygen atoms in total. The van der Waals surface area contributed by atoms with E-state index < -0.39 is 5.82 Å². The van der Waals surface area contributed by atoms with Gasteiger partial charge in [-0.2, -0.15) is 0 Å². The molecular weight excluding hydrogens is 407 g/mol. The summed E-state index contributed by atoms with van der Waals surface area (Å²) in [5, 5.41) is 11.9. The van der Waals surface area contributed by atoms with E-state index in [1.165, 1.54) is 22.6 Å². The summed E-state index contributed by atoms with van der Waals surface area (Å²) in [4.78, 5) is 28.5. The smallest absolute Gasteiger partial charge is 0.290 e. The number of rotatable bonds is 6. The van der Waals surface area contributed by atoms with Crippen LogP contribution < -0.4 is 5.32 Å². The third-order valence-electron chi connectivity index (χ3n) is 4.52. The quantitative estimate of drug-likeness (QED) is 0.584. The van der Waals surface area contributed by atoms with E-state index in [4.69, 9.17) is 9.90 Å². The average molecular weight is 433 g/mol. The van der Waals surface area contributed by atoms with E-state index in [2.05, 4.69) is 33.6 Å². The van der Waals surface area contributed by atoms with Crippen molar-refractivity contribution in [2.24, 2.45) is 7.05 Å². The minimum absolute atomic E-state index is 0.0662. The predicted molar refractivity (Wildman–Crippen MR) is 115 cm³/mol. The fourth-order valence-electron chi connectivity index (χ4n) is 3.02. The molecule has 0 fully saturated rings. The standard InChI is InChI=1S/C20H23FN4OS.CH2O2/c1-13-5-8-27-18(13)17(24(2)3)12-23-20(26)15-9-14(10-16(21)11-15)19-22-6-7-25(19)4;2-1-3/h5-11,17H,12H2,1-4H3,(H,23,26);1H,(H,2,3). The third kappa shape index (κ3) is 5.74. The molecule has 0 saturated heterocycles. The Morgan fingerprint density at radius 3 is 2.63 bits per heavy atom. The topological polar surface area (TPSA) is 87.5 Å². The summed E-state index contributed by atoms with van der Waals surface area (Å²) in [5.74, 6) is -0.145. The summed E-state index contributed by atoms with van der Waals surface area (Å²) >= 11 is 1.67.